The normalized spacial score (nSPS) is 14.0. The van der Waals surface area contributed by atoms with Crippen molar-refractivity contribution in [3.8, 4) is 17.2 Å². The number of nitrogens with one attached hydrogen (secondary N) is 1. The maximum absolute atomic E-state index is 13.3. The third-order valence-corrected chi connectivity index (χ3v) is 7.33. The minimum absolute atomic E-state index is 0.0358. The minimum Gasteiger partial charge on any atom is -0.493 e. The smallest absolute Gasteiger partial charge is 0.266 e. The van der Waals surface area contributed by atoms with E-state index in [1.807, 2.05) is 6.07 Å². The van der Waals surface area contributed by atoms with Gasteiger partial charge in [0.1, 0.15) is 5.75 Å². The number of nitrogens with zero attached hydrogens (tertiary/aromatic N) is 1. The van der Waals surface area contributed by atoms with Gasteiger partial charge in [0.05, 0.1) is 14.2 Å². The van der Waals surface area contributed by atoms with Gasteiger partial charge in [-0.2, -0.15) is 0 Å². The van der Waals surface area contributed by atoms with Crippen LogP contribution in [-0.4, -0.2) is 61.4 Å². The SMILES string of the molecule is COc1ccc(/C=C/C(=O)NC2CCN(C(=O)C(C)(C)Oc3ccc(C(=O)c4ccc(Cl)cc4)cc3)CC2)cc1OC. The van der Waals surface area contributed by atoms with E-state index in [1.165, 1.54) is 6.08 Å². The number of likely N-dealkylation sites (tertiary alicyclic amines) is 1. The van der Waals surface area contributed by atoms with Crippen molar-refractivity contribution in [1.82, 2.24) is 10.2 Å². The van der Waals surface area contributed by atoms with Gasteiger partial charge in [-0.05, 0) is 99.0 Å². The van der Waals surface area contributed by atoms with Crippen LogP contribution in [-0.2, 0) is 9.59 Å². The Hall–Kier alpha value is -4.30. The fourth-order valence-electron chi connectivity index (χ4n) is 4.77. The highest BCUT2D eigenvalue weighted by molar-refractivity contribution is 6.30. The van der Waals surface area contributed by atoms with E-state index in [1.54, 1.807) is 99.7 Å². The summed E-state index contributed by atoms with van der Waals surface area (Å²) in [7, 11) is 3.13. The maximum Gasteiger partial charge on any atom is 0.266 e. The summed E-state index contributed by atoms with van der Waals surface area (Å²) in [6, 6.07) is 18.8. The molecular formula is C33H35ClN2O6. The summed E-state index contributed by atoms with van der Waals surface area (Å²) in [6.07, 6.45) is 4.48. The van der Waals surface area contributed by atoms with Crippen LogP contribution in [0.2, 0.25) is 5.02 Å². The van der Waals surface area contributed by atoms with Crippen molar-refractivity contribution in [2.45, 2.75) is 38.3 Å². The van der Waals surface area contributed by atoms with Crippen LogP contribution in [0.25, 0.3) is 6.08 Å². The lowest BCUT2D eigenvalue weighted by Crippen LogP contribution is -2.53. The molecule has 0 aromatic heterocycles. The molecule has 3 aromatic rings. The molecule has 0 bridgehead atoms. The number of ketones is 1. The van der Waals surface area contributed by atoms with E-state index in [-0.39, 0.29) is 23.6 Å². The van der Waals surface area contributed by atoms with E-state index in [4.69, 9.17) is 25.8 Å². The van der Waals surface area contributed by atoms with Crippen LogP contribution in [0.1, 0.15) is 48.2 Å². The average Bonchev–Trinajstić information content (AvgIpc) is 3.00. The quantitative estimate of drug-likeness (QED) is 0.245. The highest BCUT2D eigenvalue weighted by Gasteiger charge is 2.36. The van der Waals surface area contributed by atoms with Crippen molar-refractivity contribution in [3.05, 3.63) is 94.5 Å². The molecule has 1 N–H and O–H groups in total. The molecule has 0 aliphatic carbocycles. The predicted octanol–water partition coefficient (Wildman–Crippen LogP) is 5.57. The van der Waals surface area contributed by atoms with Gasteiger partial charge in [-0.3, -0.25) is 14.4 Å². The van der Waals surface area contributed by atoms with Crippen molar-refractivity contribution in [2.75, 3.05) is 27.3 Å². The van der Waals surface area contributed by atoms with Gasteiger partial charge in [0.25, 0.3) is 5.91 Å². The van der Waals surface area contributed by atoms with Crippen molar-refractivity contribution >= 4 is 35.3 Å². The van der Waals surface area contributed by atoms with Crippen LogP contribution >= 0.6 is 11.6 Å². The molecule has 8 nitrogen and oxygen atoms in total. The molecule has 2 amide bonds. The summed E-state index contributed by atoms with van der Waals surface area (Å²) in [5.74, 6) is 1.24. The highest BCUT2D eigenvalue weighted by Crippen LogP contribution is 2.28. The fourth-order valence-corrected chi connectivity index (χ4v) is 4.89. The largest absolute Gasteiger partial charge is 0.493 e. The number of hydrogen-bond acceptors (Lipinski definition) is 6. The first-order valence-corrected chi connectivity index (χ1v) is 14.1. The van der Waals surface area contributed by atoms with E-state index in [0.717, 1.165) is 5.56 Å². The Morgan fingerprint density at radius 2 is 1.48 bits per heavy atom. The van der Waals surface area contributed by atoms with Gasteiger partial charge >= 0.3 is 0 Å². The van der Waals surface area contributed by atoms with Crippen LogP contribution in [0.5, 0.6) is 17.2 Å². The second-order valence-corrected chi connectivity index (χ2v) is 10.9. The Balaban J connectivity index is 1.27. The topological polar surface area (TPSA) is 94.2 Å². The number of carbonyl (C=O) groups is 3. The zero-order chi connectivity index (χ0) is 30.3. The van der Waals surface area contributed by atoms with Crippen molar-refractivity contribution in [2.24, 2.45) is 0 Å². The summed E-state index contributed by atoms with van der Waals surface area (Å²) >= 11 is 5.92. The first-order valence-electron chi connectivity index (χ1n) is 13.7. The number of ether oxygens (including phenoxy) is 3. The lowest BCUT2D eigenvalue weighted by atomic mass is 10.0. The molecule has 1 aliphatic rings. The number of rotatable bonds is 10. The van der Waals surface area contributed by atoms with Crippen LogP contribution in [0.4, 0.5) is 0 Å². The van der Waals surface area contributed by atoms with Gasteiger partial charge in [-0.25, -0.2) is 0 Å². The molecule has 1 fully saturated rings. The van der Waals surface area contributed by atoms with Gasteiger partial charge in [0, 0.05) is 41.4 Å². The molecule has 1 saturated heterocycles. The van der Waals surface area contributed by atoms with Crippen LogP contribution < -0.4 is 19.5 Å². The molecule has 0 atom stereocenters. The van der Waals surface area contributed by atoms with Crippen molar-refractivity contribution in [1.29, 1.82) is 0 Å². The molecule has 0 radical (unpaired) electrons. The van der Waals surface area contributed by atoms with Crippen molar-refractivity contribution < 1.29 is 28.6 Å². The van der Waals surface area contributed by atoms with Gasteiger partial charge in [0.15, 0.2) is 22.9 Å². The molecule has 9 heteroatoms. The Kier molecular flexibility index (Phi) is 9.91. The minimum atomic E-state index is -1.11. The monoisotopic (exact) mass is 590 g/mol. The Labute approximate surface area is 251 Å². The maximum atomic E-state index is 13.3. The number of methoxy groups -OCH3 is 2. The lowest BCUT2D eigenvalue weighted by molar-refractivity contribution is -0.146. The Bertz CT molecular complexity index is 1440. The molecule has 220 valence electrons. The van der Waals surface area contributed by atoms with E-state index in [9.17, 15) is 14.4 Å². The molecule has 0 unspecified atom stereocenters. The summed E-state index contributed by atoms with van der Waals surface area (Å²) < 4.78 is 16.6. The predicted molar refractivity (Wildman–Crippen MR) is 162 cm³/mol. The third kappa shape index (κ3) is 7.70. The van der Waals surface area contributed by atoms with Crippen LogP contribution in [0.3, 0.4) is 0 Å². The molecule has 0 saturated carbocycles. The van der Waals surface area contributed by atoms with E-state index < -0.39 is 5.60 Å². The first-order chi connectivity index (χ1) is 20.1. The standard InChI is InChI=1S/C33H35ClN2O6/c1-33(2,42-27-13-9-24(10-14-27)31(38)23-7-11-25(34)12-8-23)32(39)36-19-17-26(18-20-36)35-30(37)16-6-22-5-15-28(40-3)29(21-22)41-4/h5-16,21,26H,17-20H2,1-4H3,(H,35,37)/b16-6+. The molecule has 1 aliphatic heterocycles. The Morgan fingerprint density at radius 3 is 2.07 bits per heavy atom. The molecule has 42 heavy (non-hydrogen) atoms. The van der Waals surface area contributed by atoms with Gasteiger partial charge in [-0.1, -0.05) is 17.7 Å². The third-order valence-electron chi connectivity index (χ3n) is 7.07. The van der Waals surface area contributed by atoms with E-state index in [0.29, 0.717) is 59.3 Å². The van der Waals surface area contributed by atoms with Crippen molar-refractivity contribution in [3.63, 3.8) is 0 Å². The zero-order valence-electron chi connectivity index (χ0n) is 24.2. The van der Waals surface area contributed by atoms with Crippen LogP contribution in [0, 0.1) is 0 Å². The first kappa shape index (κ1) is 30.7. The number of piperidine rings is 1. The Morgan fingerprint density at radius 1 is 0.881 bits per heavy atom. The van der Waals surface area contributed by atoms with Gasteiger partial charge in [-0.15, -0.1) is 0 Å². The second kappa shape index (κ2) is 13.6. The highest BCUT2D eigenvalue weighted by atomic mass is 35.5. The summed E-state index contributed by atoms with van der Waals surface area (Å²) in [4.78, 5) is 40.3. The van der Waals surface area contributed by atoms with Crippen LogP contribution in [0.15, 0.2) is 72.8 Å². The van der Waals surface area contributed by atoms with Gasteiger partial charge in [0.2, 0.25) is 5.91 Å². The number of carbonyl (C=O) groups excluding carboxylic acids is 3. The number of amides is 2. The molecule has 4 rings (SSSR count). The molecule has 1 heterocycles. The molecule has 3 aromatic carbocycles. The fraction of sp³-hybridized carbons (Fsp3) is 0.303. The molecule has 0 spiro atoms. The second-order valence-electron chi connectivity index (χ2n) is 10.5. The number of benzene rings is 3. The van der Waals surface area contributed by atoms with Gasteiger partial charge < -0.3 is 24.4 Å². The molecular weight excluding hydrogens is 556 g/mol. The van der Waals surface area contributed by atoms with E-state index in [2.05, 4.69) is 5.32 Å². The van der Waals surface area contributed by atoms with E-state index >= 15 is 0 Å². The zero-order valence-corrected chi connectivity index (χ0v) is 24.9. The number of halogens is 1. The summed E-state index contributed by atoms with van der Waals surface area (Å²) in [5.41, 5.74) is 0.752. The summed E-state index contributed by atoms with van der Waals surface area (Å²) in [6.45, 7) is 4.47. The lowest BCUT2D eigenvalue weighted by Gasteiger charge is -2.37. The summed E-state index contributed by atoms with van der Waals surface area (Å²) in [5, 5.41) is 3.59. The average molecular weight is 591 g/mol. The number of hydrogen-bond donors (Lipinski definition) is 1.